The summed E-state index contributed by atoms with van der Waals surface area (Å²) in [6, 6.07) is 0. The molecule has 0 spiro atoms. The molecule has 0 aliphatic carbocycles. The zero-order chi connectivity index (χ0) is 42.2. The summed E-state index contributed by atoms with van der Waals surface area (Å²) in [5, 5.41) is 0. The van der Waals surface area contributed by atoms with Crippen LogP contribution >= 0.6 is 7.82 Å². The highest BCUT2D eigenvalue weighted by atomic mass is 31.2. The fraction of sp³-hybridized carbons (Fsp3) is 0.915. The number of carbonyl (C=O) groups is 2. The van der Waals surface area contributed by atoms with Crippen LogP contribution in [0.3, 0.4) is 0 Å². The third kappa shape index (κ3) is 36.6. The normalized spacial score (nSPS) is 16.8. The van der Waals surface area contributed by atoms with Gasteiger partial charge in [0, 0.05) is 19.4 Å². The number of allylic oxidation sites excluding steroid dienone is 1. The smallest absolute Gasteiger partial charge is 0.462 e. The van der Waals surface area contributed by atoms with Crippen molar-refractivity contribution in [1.82, 2.24) is 0 Å². The Labute approximate surface area is 355 Å². The Morgan fingerprint density at radius 2 is 1.07 bits per heavy atom. The molecule has 0 aromatic heterocycles. The van der Waals surface area contributed by atoms with Crippen LogP contribution in [0.15, 0.2) is 12.2 Å². The molecule has 1 heterocycles. The lowest BCUT2D eigenvalue weighted by atomic mass is 10.0. The molecule has 1 rings (SSSR count). The fourth-order valence-electron chi connectivity index (χ4n) is 7.35. The number of rotatable bonds is 45. The number of nitrogens with two attached hydrogens (primary N) is 1. The maximum atomic E-state index is 12.6. The van der Waals surface area contributed by atoms with Gasteiger partial charge in [0.25, 0.3) is 0 Å². The zero-order valence-corrected chi connectivity index (χ0v) is 38.4. The van der Waals surface area contributed by atoms with Crippen molar-refractivity contribution in [2.75, 3.05) is 26.4 Å². The van der Waals surface area contributed by atoms with Gasteiger partial charge in [-0.25, -0.2) is 4.57 Å². The summed E-state index contributed by atoms with van der Waals surface area (Å²) in [7, 11) is -4.38. The first-order chi connectivity index (χ1) is 28.3. The van der Waals surface area contributed by atoms with Crippen LogP contribution < -0.4 is 5.73 Å². The van der Waals surface area contributed by atoms with Crippen molar-refractivity contribution in [2.24, 2.45) is 5.73 Å². The summed E-state index contributed by atoms with van der Waals surface area (Å²) in [6.45, 7) is 3.71. The summed E-state index contributed by atoms with van der Waals surface area (Å²) in [4.78, 5) is 35.0. The number of epoxide rings is 1. The predicted octanol–water partition coefficient (Wildman–Crippen LogP) is 13.2. The molecule has 1 aliphatic heterocycles. The first-order valence-corrected chi connectivity index (χ1v) is 25.8. The van der Waals surface area contributed by atoms with E-state index in [1.165, 1.54) is 135 Å². The van der Waals surface area contributed by atoms with Gasteiger partial charge in [-0.05, 0) is 38.5 Å². The molecule has 58 heavy (non-hydrogen) atoms. The summed E-state index contributed by atoms with van der Waals surface area (Å²) >= 11 is 0. The molecule has 4 atom stereocenters. The number of carbonyl (C=O) groups excluding carboxylic acids is 2. The highest BCUT2D eigenvalue weighted by Crippen LogP contribution is 2.43. The number of unbranched alkanes of at least 4 members (excludes halogenated alkanes) is 27. The Kier molecular flexibility index (Phi) is 37.6. The van der Waals surface area contributed by atoms with E-state index in [4.69, 9.17) is 29.0 Å². The van der Waals surface area contributed by atoms with Gasteiger partial charge in [-0.15, -0.1) is 0 Å². The highest BCUT2D eigenvalue weighted by Gasteiger charge is 2.36. The van der Waals surface area contributed by atoms with Gasteiger partial charge in [-0.3, -0.25) is 18.6 Å². The molecule has 342 valence electrons. The van der Waals surface area contributed by atoms with Crippen molar-refractivity contribution in [3.05, 3.63) is 12.2 Å². The molecule has 3 unspecified atom stereocenters. The maximum absolute atomic E-state index is 12.6. The van der Waals surface area contributed by atoms with Crippen LogP contribution in [-0.2, 0) is 37.4 Å². The van der Waals surface area contributed by atoms with Crippen molar-refractivity contribution in [1.29, 1.82) is 0 Å². The van der Waals surface area contributed by atoms with Gasteiger partial charge < -0.3 is 24.8 Å². The third-order valence-electron chi connectivity index (χ3n) is 11.1. The van der Waals surface area contributed by atoms with Gasteiger partial charge in [0.2, 0.25) is 0 Å². The van der Waals surface area contributed by atoms with Crippen molar-refractivity contribution >= 4 is 19.8 Å². The number of hydrogen-bond donors (Lipinski definition) is 2. The van der Waals surface area contributed by atoms with E-state index in [-0.39, 0.29) is 38.6 Å². The average Bonchev–Trinajstić information content (AvgIpc) is 3.97. The summed E-state index contributed by atoms with van der Waals surface area (Å²) in [5.41, 5.74) is 5.36. The van der Waals surface area contributed by atoms with Gasteiger partial charge in [0.15, 0.2) is 6.10 Å². The second kappa shape index (κ2) is 39.8. The van der Waals surface area contributed by atoms with E-state index in [0.717, 1.165) is 64.2 Å². The molecule has 1 aliphatic rings. The van der Waals surface area contributed by atoms with E-state index >= 15 is 0 Å². The van der Waals surface area contributed by atoms with Gasteiger partial charge in [-0.2, -0.15) is 0 Å². The molecule has 0 aromatic carbocycles. The van der Waals surface area contributed by atoms with E-state index in [1.54, 1.807) is 0 Å². The summed E-state index contributed by atoms with van der Waals surface area (Å²) in [6.07, 6.45) is 44.1. The lowest BCUT2D eigenvalue weighted by Crippen LogP contribution is -2.29. The molecule has 0 radical (unpaired) electrons. The van der Waals surface area contributed by atoms with Gasteiger partial charge in [0.1, 0.15) is 6.61 Å². The first kappa shape index (κ1) is 54.7. The van der Waals surface area contributed by atoms with Crippen LogP contribution in [0.25, 0.3) is 0 Å². The van der Waals surface area contributed by atoms with E-state index in [9.17, 15) is 19.0 Å². The summed E-state index contributed by atoms with van der Waals surface area (Å²) in [5.74, 6) is -0.839. The minimum Gasteiger partial charge on any atom is -0.462 e. The Hall–Kier alpha value is -1.29. The Bertz CT molecular complexity index is 1030. The molecule has 1 fully saturated rings. The van der Waals surface area contributed by atoms with Crippen molar-refractivity contribution in [3.8, 4) is 0 Å². The summed E-state index contributed by atoms with van der Waals surface area (Å²) < 4.78 is 38.7. The number of esters is 2. The van der Waals surface area contributed by atoms with Crippen LogP contribution in [-0.4, -0.2) is 61.5 Å². The largest absolute Gasteiger partial charge is 0.472 e. The van der Waals surface area contributed by atoms with Gasteiger partial charge in [-0.1, -0.05) is 193 Å². The van der Waals surface area contributed by atoms with Crippen LogP contribution in [0, 0.1) is 0 Å². The van der Waals surface area contributed by atoms with Crippen LogP contribution in [0.5, 0.6) is 0 Å². The number of hydrogen-bond acceptors (Lipinski definition) is 9. The molecule has 0 amide bonds. The fourth-order valence-corrected chi connectivity index (χ4v) is 8.11. The lowest BCUT2D eigenvalue weighted by molar-refractivity contribution is -0.161. The Balaban J connectivity index is 2.10. The minimum absolute atomic E-state index is 0.0508. The molecule has 1 saturated heterocycles. The van der Waals surface area contributed by atoms with Crippen molar-refractivity contribution in [2.45, 2.75) is 250 Å². The Morgan fingerprint density at radius 1 is 0.603 bits per heavy atom. The van der Waals surface area contributed by atoms with E-state index in [2.05, 4.69) is 26.0 Å². The highest BCUT2D eigenvalue weighted by molar-refractivity contribution is 7.47. The van der Waals surface area contributed by atoms with Crippen LogP contribution in [0.2, 0.25) is 0 Å². The van der Waals surface area contributed by atoms with Crippen molar-refractivity contribution < 1.29 is 42.3 Å². The zero-order valence-electron chi connectivity index (χ0n) is 37.5. The molecule has 11 heteroatoms. The topological polar surface area (TPSA) is 147 Å². The van der Waals surface area contributed by atoms with E-state index in [0.29, 0.717) is 18.6 Å². The SMILES string of the molecule is CCCCC/C=C\CC1OC1CCCCCCCC(=O)O[C@H](COC(=O)CCCCCCCCCCCCCCCCCCCCCCC)COP(=O)(O)OCCN. The van der Waals surface area contributed by atoms with Crippen molar-refractivity contribution in [3.63, 3.8) is 0 Å². The molecule has 0 aromatic rings. The number of phosphoric acid groups is 1. The predicted molar refractivity (Wildman–Crippen MR) is 238 cm³/mol. The Morgan fingerprint density at radius 3 is 1.59 bits per heavy atom. The first-order valence-electron chi connectivity index (χ1n) is 24.3. The second-order valence-electron chi connectivity index (χ2n) is 16.7. The van der Waals surface area contributed by atoms with Gasteiger partial charge >= 0.3 is 19.8 Å². The van der Waals surface area contributed by atoms with Crippen LogP contribution in [0.1, 0.15) is 232 Å². The molecule has 0 bridgehead atoms. The number of ether oxygens (including phenoxy) is 3. The average molecular weight is 844 g/mol. The van der Waals surface area contributed by atoms with E-state index in [1.807, 2.05) is 0 Å². The quantitative estimate of drug-likeness (QED) is 0.0200. The molecular formula is C47H90NO9P. The minimum atomic E-state index is -4.38. The maximum Gasteiger partial charge on any atom is 0.472 e. The monoisotopic (exact) mass is 844 g/mol. The number of phosphoric ester groups is 1. The molecule has 10 nitrogen and oxygen atoms in total. The standard InChI is InChI=1S/C47H90NO9P/c1-3-5-7-9-11-12-13-14-15-16-17-18-19-20-21-22-23-24-25-29-33-37-46(49)53-41-43(42-55-58(51,52)54-40-39-48)56-47(50)38-34-30-26-28-32-36-45-44(57-45)35-31-27-10-8-6-4-2/h27,31,43-45H,3-26,28-30,32-42,48H2,1-2H3,(H,51,52)/b31-27-/t43-,44?,45?/m1/s1. The molecular weight excluding hydrogens is 753 g/mol. The lowest BCUT2D eigenvalue weighted by Gasteiger charge is -2.19. The molecule has 3 N–H and O–H groups in total. The second-order valence-corrected chi connectivity index (χ2v) is 18.2. The van der Waals surface area contributed by atoms with Crippen LogP contribution in [0.4, 0.5) is 0 Å². The van der Waals surface area contributed by atoms with Gasteiger partial charge in [0.05, 0.1) is 25.4 Å². The molecule has 0 saturated carbocycles. The third-order valence-corrected chi connectivity index (χ3v) is 12.1. The van der Waals surface area contributed by atoms with E-state index < -0.39 is 26.5 Å².